The maximum atomic E-state index is 6.40. The zero-order valence-electron chi connectivity index (χ0n) is 11.6. The molecule has 102 valence electrons. The molecule has 3 aromatic rings. The van der Waals surface area contributed by atoms with Crippen molar-refractivity contribution in [2.75, 3.05) is 0 Å². The van der Waals surface area contributed by atoms with Gasteiger partial charge in [-0.3, -0.25) is 0 Å². The van der Waals surface area contributed by atoms with Crippen molar-refractivity contribution in [3.63, 3.8) is 0 Å². The molecule has 0 aromatic heterocycles. The second kappa shape index (κ2) is 5.19. The topological polar surface area (TPSA) is 9.23 Å². The van der Waals surface area contributed by atoms with Gasteiger partial charge in [0.25, 0.3) is 0 Å². The van der Waals surface area contributed by atoms with E-state index in [2.05, 4.69) is 72.8 Å². The van der Waals surface area contributed by atoms with E-state index < -0.39 is 0 Å². The number of hydrogen-bond donors (Lipinski definition) is 0. The Morgan fingerprint density at radius 3 is 1.29 bits per heavy atom. The molecule has 1 nitrogen and oxygen atoms in total. The molecular weight excluding hydrogens is 256 g/mol. The van der Waals surface area contributed by atoms with E-state index in [1.165, 1.54) is 22.3 Å². The van der Waals surface area contributed by atoms with Crippen LogP contribution < -0.4 is 0 Å². The lowest BCUT2D eigenvalue weighted by molar-refractivity contribution is 0.0582. The standard InChI is InChI=1S/C20H16O/c1-3-9-15(10-4-1)19-17-13-7-8-14-18(17)20(21-19)16-11-5-2-6-12-16/h1-14,19-20H/t19-,20+. The maximum Gasteiger partial charge on any atom is 0.109 e. The van der Waals surface area contributed by atoms with Crippen molar-refractivity contribution < 1.29 is 4.74 Å². The Hall–Kier alpha value is -2.38. The third-order valence-electron chi connectivity index (χ3n) is 4.04. The monoisotopic (exact) mass is 272 g/mol. The first-order chi connectivity index (χ1) is 10.4. The first-order valence-electron chi connectivity index (χ1n) is 7.27. The number of hydrogen-bond acceptors (Lipinski definition) is 1. The molecule has 2 atom stereocenters. The lowest BCUT2D eigenvalue weighted by Gasteiger charge is -2.15. The lowest BCUT2D eigenvalue weighted by Crippen LogP contribution is -2.01. The normalized spacial score (nSPS) is 20.2. The zero-order valence-corrected chi connectivity index (χ0v) is 11.6. The van der Waals surface area contributed by atoms with Crippen LogP contribution in [-0.2, 0) is 4.74 Å². The Morgan fingerprint density at radius 2 is 0.857 bits per heavy atom. The highest BCUT2D eigenvalue weighted by Crippen LogP contribution is 2.45. The maximum absolute atomic E-state index is 6.40. The van der Waals surface area contributed by atoms with Crippen LogP contribution in [0, 0.1) is 0 Å². The molecule has 0 unspecified atom stereocenters. The molecule has 1 heterocycles. The molecule has 0 fully saturated rings. The largest absolute Gasteiger partial charge is 0.356 e. The van der Waals surface area contributed by atoms with Gasteiger partial charge >= 0.3 is 0 Å². The van der Waals surface area contributed by atoms with E-state index in [1.807, 2.05) is 12.1 Å². The van der Waals surface area contributed by atoms with Gasteiger partial charge in [-0.1, -0.05) is 84.9 Å². The van der Waals surface area contributed by atoms with Crippen molar-refractivity contribution in [3.05, 3.63) is 107 Å². The number of fused-ring (bicyclic) bond motifs is 1. The Bertz CT molecular complexity index is 670. The van der Waals surface area contributed by atoms with Gasteiger partial charge in [0.05, 0.1) is 0 Å². The second-order valence-electron chi connectivity index (χ2n) is 5.35. The minimum absolute atomic E-state index is 0.0209. The SMILES string of the molecule is c1ccc([C@H]2O[C@@H](c3ccccc3)c3ccccc32)cc1. The zero-order chi connectivity index (χ0) is 14.1. The molecule has 0 saturated carbocycles. The van der Waals surface area contributed by atoms with E-state index >= 15 is 0 Å². The summed E-state index contributed by atoms with van der Waals surface area (Å²) in [5, 5.41) is 0. The third-order valence-corrected chi connectivity index (χ3v) is 4.04. The van der Waals surface area contributed by atoms with Crippen LogP contribution in [-0.4, -0.2) is 0 Å². The summed E-state index contributed by atoms with van der Waals surface area (Å²) in [5.41, 5.74) is 4.97. The Labute approximate surface area is 124 Å². The molecule has 1 heteroatoms. The molecule has 0 amide bonds. The molecule has 0 N–H and O–H groups in total. The van der Waals surface area contributed by atoms with E-state index in [9.17, 15) is 0 Å². The highest BCUT2D eigenvalue weighted by Gasteiger charge is 2.33. The quantitative estimate of drug-likeness (QED) is 0.645. The van der Waals surface area contributed by atoms with E-state index in [-0.39, 0.29) is 12.2 Å². The van der Waals surface area contributed by atoms with E-state index in [0.717, 1.165) is 0 Å². The summed E-state index contributed by atoms with van der Waals surface area (Å²) in [5.74, 6) is 0. The fourth-order valence-corrected chi connectivity index (χ4v) is 3.04. The molecule has 0 spiro atoms. The van der Waals surface area contributed by atoms with Crippen LogP contribution in [0.1, 0.15) is 34.5 Å². The van der Waals surface area contributed by atoms with E-state index in [1.54, 1.807) is 0 Å². The Morgan fingerprint density at radius 1 is 0.476 bits per heavy atom. The van der Waals surface area contributed by atoms with E-state index in [0.29, 0.717) is 0 Å². The van der Waals surface area contributed by atoms with Crippen LogP contribution in [0.2, 0.25) is 0 Å². The summed E-state index contributed by atoms with van der Waals surface area (Å²) in [6.45, 7) is 0. The van der Waals surface area contributed by atoms with Gasteiger partial charge < -0.3 is 4.74 Å². The summed E-state index contributed by atoms with van der Waals surface area (Å²) in [4.78, 5) is 0. The summed E-state index contributed by atoms with van der Waals surface area (Å²) in [6, 6.07) is 29.4. The number of rotatable bonds is 2. The molecule has 4 rings (SSSR count). The van der Waals surface area contributed by atoms with Crippen molar-refractivity contribution in [3.8, 4) is 0 Å². The average Bonchev–Trinajstić information content (AvgIpc) is 2.96. The average molecular weight is 272 g/mol. The van der Waals surface area contributed by atoms with Crippen LogP contribution in [0.25, 0.3) is 0 Å². The van der Waals surface area contributed by atoms with Crippen molar-refractivity contribution in [1.82, 2.24) is 0 Å². The predicted molar refractivity (Wildman–Crippen MR) is 84.1 cm³/mol. The van der Waals surface area contributed by atoms with E-state index in [4.69, 9.17) is 4.74 Å². The number of benzene rings is 3. The molecule has 1 aliphatic heterocycles. The molecular formula is C20H16O. The van der Waals surface area contributed by atoms with Gasteiger partial charge in [-0.2, -0.15) is 0 Å². The highest BCUT2D eigenvalue weighted by molar-refractivity contribution is 5.44. The van der Waals surface area contributed by atoms with Gasteiger partial charge in [-0.05, 0) is 22.3 Å². The van der Waals surface area contributed by atoms with Gasteiger partial charge in [-0.15, -0.1) is 0 Å². The molecule has 3 aromatic carbocycles. The Balaban J connectivity index is 1.81. The van der Waals surface area contributed by atoms with Gasteiger partial charge in [0, 0.05) is 0 Å². The number of ether oxygens (including phenoxy) is 1. The van der Waals surface area contributed by atoms with Crippen molar-refractivity contribution in [2.24, 2.45) is 0 Å². The fourth-order valence-electron chi connectivity index (χ4n) is 3.04. The minimum atomic E-state index is 0.0209. The van der Waals surface area contributed by atoms with Crippen molar-refractivity contribution in [1.29, 1.82) is 0 Å². The van der Waals surface area contributed by atoms with Crippen LogP contribution in [0.3, 0.4) is 0 Å². The van der Waals surface area contributed by atoms with Crippen LogP contribution in [0.4, 0.5) is 0 Å². The highest BCUT2D eigenvalue weighted by atomic mass is 16.5. The van der Waals surface area contributed by atoms with Crippen LogP contribution >= 0.6 is 0 Å². The second-order valence-corrected chi connectivity index (χ2v) is 5.35. The summed E-state index contributed by atoms with van der Waals surface area (Å²) >= 11 is 0. The predicted octanol–water partition coefficient (Wildman–Crippen LogP) is 4.90. The van der Waals surface area contributed by atoms with Gasteiger partial charge in [0.2, 0.25) is 0 Å². The molecule has 1 aliphatic rings. The molecule has 0 aliphatic carbocycles. The fraction of sp³-hybridized carbons (Fsp3) is 0.100. The van der Waals surface area contributed by atoms with Gasteiger partial charge in [-0.25, -0.2) is 0 Å². The van der Waals surface area contributed by atoms with Gasteiger partial charge in [0.1, 0.15) is 12.2 Å². The first-order valence-corrected chi connectivity index (χ1v) is 7.27. The minimum Gasteiger partial charge on any atom is -0.356 e. The molecule has 21 heavy (non-hydrogen) atoms. The summed E-state index contributed by atoms with van der Waals surface area (Å²) in [7, 11) is 0. The smallest absolute Gasteiger partial charge is 0.109 e. The van der Waals surface area contributed by atoms with Crippen molar-refractivity contribution >= 4 is 0 Å². The molecule has 0 radical (unpaired) electrons. The lowest BCUT2D eigenvalue weighted by atomic mass is 9.95. The first kappa shape index (κ1) is 12.4. The van der Waals surface area contributed by atoms with Crippen molar-refractivity contribution in [2.45, 2.75) is 12.2 Å². The third kappa shape index (κ3) is 2.16. The molecule has 0 saturated heterocycles. The summed E-state index contributed by atoms with van der Waals surface area (Å²) < 4.78 is 6.40. The van der Waals surface area contributed by atoms with Gasteiger partial charge in [0.15, 0.2) is 0 Å². The van der Waals surface area contributed by atoms with Crippen LogP contribution in [0.15, 0.2) is 84.9 Å². The molecule has 0 bridgehead atoms. The van der Waals surface area contributed by atoms with Crippen LogP contribution in [0.5, 0.6) is 0 Å². The Kier molecular flexibility index (Phi) is 3.06. The summed E-state index contributed by atoms with van der Waals surface area (Å²) in [6.07, 6.45) is 0.0419.